The number of esters is 2. The van der Waals surface area contributed by atoms with E-state index in [0.29, 0.717) is 12.8 Å². The lowest BCUT2D eigenvalue weighted by molar-refractivity contribution is -0.225. The first-order chi connectivity index (χ1) is 16.0. The van der Waals surface area contributed by atoms with Gasteiger partial charge in [0.05, 0.1) is 36.1 Å². The fourth-order valence-corrected chi connectivity index (χ4v) is 9.34. The van der Waals surface area contributed by atoms with E-state index in [4.69, 9.17) is 23.4 Å². The van der Waals surface area contributed by atoms with Crippen molar-refractivity contribution in [2.45, 2.75) is 82.9 Å². The molecule has 182 valence electrons. The predicted octanol–water partition coefficient (Wildman–Crippen LogP) is 3.14. The fraction of sp³-hybridized carbons (Fsp3) is 0.731. The van der Waals surface area contributed by atoms with Crippen molar-refractivity contribution in [3.05, 3.63) is 24.2 Å². The van der Waals surface area contributed by atoms with Crippen LogP contribution >= 0.6 is 0 Å². The van der Waals surface area contributed by atoms with Crippen LogP contribution in [0.2, 0.25) is 0 Å². The molecule has 8 nitrogen and oxygen atoms in total. The summed E-state index contributed by atoms with van der Waals surface area (Å²) in [6.07, 6.45) is 3.46. The van der Waals surface area contributed by atoms with Gasteiger partial charge in [0.25, 0.3) is 0 Å². The van der Waals surface area contributed by atoms with Crippen molar-refractivity contribution < 1.29 is 37.7 Å². The van der Waals surface area contributed by atoms with Gasteiger partial charge in [-0.3, -0.25) is 9.59 Å². The van der Waals surface area contributed by atoms with Gasteiger partial charge in [-0.15, -0.1) is 0 Å². The molecule has 9 atom stereocenters. The summed E-state index contributed by atoms with van der Waals surface area (Å²) in [5, 5.41) is 0. The van der Waals surface area contributed by atoms with Gasteiger partial charge < -0.3 is 23.4 Å². The molecule has 0 aromatic carbocycles. The average Bonchev–Trinajstić information content (AvgIpc) is 3.26. The zero-order chi connectivity index (χ0) is 23.9. The van der Waals surface area contributed by atoms with E-state index in [0.717, 1.165) is 12.0 Å². The van der Waals surface area contributed by atoms with Crippen LogP contribution in [0.5, 0.6) is 0 Å². The van der Waals surface area contributed by atoms with Crippen molar-refractivity contribution in [1.82, 2.24) is 0 Å². The Labute approximate surface area is 197 Å². The summed E-state index contributed by atoms with van der Waals surface area (Å²) in [4.78, 5) is 39.7. The second kappa shape index (κ2) is 5.95. The molecule has 6 aliphatic rings. The second-order valence-electron chi connectivity index (χ2n) is 12.2. The summed E-state index contributed by atoms with van der Waals surface area (Å²) in [5.41, 5.74) is -2.78. The molecule has 2 spiro atoms. The summed E-state index contributed by atoms with van der Waals surface area (Å²) in [6.45, 7) is 8.36. The van der Waals surface area contributed by atoms with E-state index in [1.165, 1.54) is 0 Å². The number of epoxide rings is 1. The lowest BCUT2D eigenvalue weighted by Crippen LogP contribution is -2.72. The van der Waals surface area contributed by atoms with E-state index in [1.54, 1.807) is 12.5 Å². The molecule has 8 heteroatoms. The third-order valence-corrected chi connectivity index (χ3v) is 10.7. The maximum Gasteiger partial charge on any atom is 0.339 e. The van der Waals surface area contributed by atoms with Gasteiger partial charge in [0, 0.05) is 28.7 Å². The Morgan fingerprint density at radius 1 is 0.971 bits per heavy atom. The van der Waals surface area contributed by atoms with Gasteiger partial charge in [-0.05, 0) is 45.6 Å². The molecule has 5 heterocycles. The van der Waals surface area contributed by atoms with E-state index >= 15 is 0 Å². The average molecular weight is 471 g/mol. The smallest absolute Gasteiger partial charge is 0.339 e. The summed E-state index contributed by atoms with van der Waals surface area (Å²) < 4.78 is 29.8. The number of hydrogen-bond acceptors (Lipinski definition) is 8. The topological polar surface area (TPSA) is 105 Å². The van der Waals surface area contributed by atoms with Crippen LogP contribution in [0.4, 0.5) is 0 Å². The van der Waals surface area contributed by atoms with Gasteiger partial charge in [-0.25, -0.2) is 4.79 Å². The largest absolute Gasteiger partial charge is 0.472 e. The Morgan fingerprint density at radius 2 is 1.76 bits per heavy atom. The van der Waals surface area contributed by atoms with Crippen molar-refractivity contribution >= 4 is 17.7 Å². The summed E-state index contributed by atoms with van der Waals surface area (Å²) in [5.74, 6) is -0.780. The highest BCUT2D eigenvalue weighted by atomic mass is 16.7. The van der Waals surface area contributed by atoms with Crippen molar-refractivity contribution in [3.63, 3.8) is 0 Å². The molecule has 6 fully saturated rings. The lowest BCUT2D eigenvalue weighted by atomic mass is 9.37. The number of ether oxygens (including phenoxy) is 4. The Balaban J connectivity index is 1.41. The SMILES string of the molecule is CC1(C)O[C@@H]2CC(=O)OC[C@]23[C@@H]1CC(=O)[C@]1(C)[C@H]3CC[C@@]2(C)[C@@H](c3ccoc3)OC(=O)[C@H]3O[C@]321. The Kier molecular flexibility index (Phi) is 3.70. The monoisotopic (exact) mass is 470 g/mol. The van der Waals surface area contributed by atoms with Crippen LogP contribution in [0.3, 0.4) is 0 Å². The van der Waals surface area contributed by atoms with E-state index in [2.05, 4.69) is 6.92 Å². The molecule has 0 unspecified atom stereocenters. The van der Waals surface area contributed by atoms with Crippen molar-refractivity contribution in [3.8, 4) is 0 Å². The molecular weight excluding hydrogens is 440 g/mol. The first kappa shape index (κ1) is 21.1. The minimum absolute atomic E-state index is 0.0677. The molecule has 0 amide bonds. The summed E-state index contributed by atoms with van der Waals surface area (Å²) in [7, 11) is 0. The maximum atomic E-state index is 14.2. The number of rotatable bonds is 1. The Morgan fingerprint density at radius 3 is 2.50 bits per heavy atom. The zero-order valence-electron chi connectivity index (χ0n) is 19.9. The minimum atomic E-state index is -0.976. The van der Waals surface area contributed by atoms with Crippen molar-refractivity contribution in [1.29, 1.82) is 0 Å². The number of furan rings is 1. The molecule has 4 saturated heterocycles. The molecular formula is C26H30O8. The zero-order valence-corrected chi connectivity index (χ0v) is 19.9. The summed E-state index contributed by atoms with van der Waals surface area (Å²) >= 11 is 0. The molecule has 0 radical (unpaired) electrons. The molecule has 34 heavy (non-hydrogen) atoms. The highest BCUT2D eigenvalue weighted by molar-refractivity contribution is 5.93. The number of hydrogen-bond donors (Lipinski definition) is 0. The summed E-state index contributed by atoms with van der Waals surface area (Å²) in [6, 6.07) is 1.81. The Hall–Kier alpha value is -2.19. The van der Waals surface area contributed by atoms with Crippen LogP contribution < -0.4 is 0 Å². The molecule has 1 aromatic rings. The van der Waals surface area contributed by atoms with Gasteiger partial charge >= 0.3 is 11.9 Å². The molecule has 0 bridgehead atoms. The second-order valence-corrected chi connectivity index (χ2v) is 12.2. The fourth-order valence-electron chi connectivity index (χ4n) is 9.34. The van der Waals surface area contributed by atoms with Crippen LogP contribution in [0.1, 0.15) is 65.0 Å². The number of cyclic esters (lactones) is 2. The van der Waals surface area contributed by atoms with Crippen LogP contribution in [-0.2, 0) is 33.3 Å². The minimum Gasteiger partial charge on any atom is -0.472 e. The number of carbonyl (C=O) groups is 3. The molecule has 2 aliphatic carbocycles. The lowest BCUT2D eigenvalue weighted by Gasteiger charge is -2.65. The quantitative estimate of drug-likeness (QED) is 0.455. The van der Waals surface area contributed by atoms with Crippen molar-refractivity contribution in [2.24, 2.45) is 28.1 Å². The third kappa shape index (κ3) is 2.02. The standard InChI is InChI=1S/C26H30O8/c1-22(2)15-9-16(27)24(4)14(25(15)12-31-18(28)10-17(25)33-22)5-7-23(3)19(13-6-8-30-11-13)32-21(29)20-26(23,24)34-20/h6,8,11,14-15,17,19-20H,5,7,9-10,12H2,1-4H3/t14-,15-,17-,19-,20-,23+,24+,25+,26-/m1/s1. The first-order valence-corrected chi connectivity index (χ1v) is 12.3. The van der Waals surface area contributed by atoms with Crippen LogP contribution in [0.25, 0.3) is 0 Å². The first-order valence-electron chi connectivity index (χ1n) is 12.3. The molecule has 2 saturated carbocycles. The van der Waals surface area contributed by atoms with E-state index in [-0.39, 0.29) is 42.7 Å². The molecule has 7 rings (SSSR count). The Bertz CT molecular complexity index is 1120. The van der Waals surface area contributed by atoms with E-state index < -0.39 is 45.6 Å². The normalized spacial score (nSPS) is 52.4. The maximum absolute atomic E-state index is 14.2. The molecule has 0 N–H and O–H groups in total. The van der Waals surface area contributed by atoms with Crippen LogP contribution in [-0.4, -0.2) is 47.7 Å². The van der Waals surface area contributed by atoms with Crippen LogP contribution in [0, 0.1) is 28.1 Å². The highest BCUT2D eigenvalue weighted by Gasteiger charge is 2.89. The van der Waals surface area contributed by atoms with E-state index in [9.17, 15) is 14.4 Å². The predicted molar refractivity (Wildman–Crippen MR) is 114 cm³/mol. The number of fused-ring (bicyclic) bond motifs is 1. The number of ketones is 1. The van der Waals surface area contributed by atoms with Gasteiger partial charge in [0.2, 0.25) is 0 Å². The highest BCUT2D eigenvalue weighted by Crippen LogP contribution is 2.79. The van der Waals surface area contributed by atoms with Gasteiger partial charge in [-0.1, -0.05) is 6.92 Å². The third-order valence-electron chi connectivity index (χ3n) is 10.7. The number of Topliss-reactive ketones (excluding diaryl/α,β-unsaturated/α-hetero) is 1. The van der Waals surface area contributed by atoms with E-state index in [1.807, 2.05) is 26.8 Å². The molecule has 1 aromatic heterocycles. The van der Waals surface area contributed by atoms with Gasteiger partial charge in [0.1, 0.15) is 24.1 Å². The van der Waals surface area contributed by atoms with Crippen molar-refractivity contribution in [2.75, 3.05) is 6.61 Å². The number of carbonyl (C=O) groups excluding carboxylic acids is 3. The molecule has 4 aliphatic heterocycles. The van der Waals surface area contributed by atoms with Gasteiger partial charge in [-0.2, -0.15) is 0 Å². The van der Waals surface area contributed by atoms with Gasteiger partial charge in [0.15, 0.2) is 6.10 Å². The van der Waals surface area contributed by atoms with Crippen LogP contribution in [0.15, 0.2) is 23.0 Å².